The number of hydrogen-bond acceptors (Lipinski definition) is 7. The van der Waals surface area contributed by atoms with Crippen molar-refractivity contribution in [2.75, 3.05) is 5.32 Å². The fourth-order valence-corrected chi connectivity index (χ4v) is 2.74. The highest BCUT2D eigenvalue weighted by Gasteiger charge is 2.32. The Hall–Kier alpha value is -3.47. The molecular weight excluding hydrogens is 439 g/mol. The summed E-state index contributed by atoms with van der Waals surface area (Å²) in [7, 11) is 0. The van der Waals surface area contributed by atoms with Gasteiger partial charge in [0.25, 0.3) is 0 Å². The van der Waals surface area contributed by atoms with Gasteiger partial charge >= 0.3 is 17.7 Å². The Morgan fingerprint density at radius 3 is 2.35 bits per heavy atom. The van der Waals surface area contributed by atoms with Crippen LogP contribution >= 0.6 is 11.6 Å². The molecule has 2 heterocycles. The monoisotopic (exact) mass is 453 g/mol. The third kappa shape index (κ3) is 5.18. The first kappa shape index (κ1) is 22.2. The molecule has 8 nitrogen and oxygen atoms in total. The molecule has 0 aliphatic heterocycles. The molecule has 0 fully saturated rings. The van der Waals surface area contributed by atoms with E-state index in [-0.39, 0.29) is 17.5 Å². The average Bonchev–Trinajstić information content (AvgIpc) is 2.69. The molecule has 12 heteroatoms. The molecule has 2 aromatic heterocycles. The van der Waals surface area contributed by atoms with Gasteiger partial charge in [0.2, 0.25) is 5.82 Å². The van der Waals surface area contributed by atoms with Crippen molar-refractivity contribution in [2.45, 2.75) is 25.9 Å². The van der Waals surface area contributed by atoms with Crippen LogP contribution in [-0.4, -0.2) is 19.9 Å². The Bertz CT molecular complexity index is 1110. The molecule has 0 radical (unpaired) electrons. The SMILES string of the molecule is CC(C)c1ccc(Oc2ncnc(Nc3ncc(C(F)(F)F)cc3Cl)c2[N+](=O)[O-])cc1. The predicted octanol–water partition coefficient (Wildman–Crippen LogP) is 6.11. The molecule has 0 aliphatic carbocycles. The summed E-state index contributed by atoms with van der Waals surface area (Å²) in [6.45, 7) is 4.03. The molecule has 1 aromatic carbocycles. The lowest BCUT2D eigenvalue weighted by atomic mass is 10.0. The molecule has 31 heavy (non-hydrogen) atoms. The molecule has 162 valence electrons. The summed E-state index contributed by atoms with van der Waals surface area (Å²) in [5.74, 6) is -0.350. The summed E-state index contributed by atoms with van der Waals surface area (Å²) in [4.78, 5) is 22.0. The van der Waals surface area contributed by atoms with E-state index >= 15 is 0 Å². The highest BCUT2D eigenvalue weighted by Crippen LogP contribution is 2.38. The number of rotatable bonds is 6. The van der Waals surface area contributed by atoms with Crippen LogP contribution in [0, 0.1) is 10.1 Å². The smallest absolute Gasteiger partial charge is 0.417 e. The van der Waals surface area contributed by atoms with E-state index in [4.69, 9.17) is 16.3 Å². The number of halogens is 4. The second kappa shape index (κ2) is 8.72. The minimum absolute atomic E-state index is 0.247. The topological polar surface area (TPSA) is 103 Å². The molecule has 0 spiro atoms. The van der Waals surface area contributed by atoms with Crippen LogP contribution in [-0.2, 0) is 6.18 Å². The maximum absolute atomic E-state index is 12.8. The number of ether oxygens (including phenoxy) is 1. The molecule has 0 unspecified atom stereocenters. The van der Waals surface area contributed by atoms with Crippen molar-refractivity contribution in [2.24, 2.45) is 0 Å². The van der Waals surface area contributed by atoms with Gasteiger partial charge in [-0.1, -0.05) is 37.6 Å². The minimum Gasteiger partial charge on any atom is -0.434 e. The molecular formula is C19H15ClF3N5O3. The Balaban J connectivity index is 1.93. The van der Waals surface area contributed by atoms with Crippen molar-refractivity contribution < 1.29 is 22.8 Å². The van der Waals surface area contributed by atoms with Crippen LogP contribution in [0.1, 0.15) is 30.9 Å². The lowest BCUT2D eigenvalue weighted by Gasteiger charge is -2.12. The van der Waals surface area contributed by atoms with Crippen LogP contribution in [0.2, 0.25) is 5.02 Å². The molecule has 0 saturated heterocycles. The zero-order valence-corrected chi connectivity index (χ0v) is 16.9. The van der Waals surface area contributed by atoms with Crippen LogP contribution in [0.5, 0.6) is 11.6 Å². The lowest BCUT2D eigenvalue weighted by molar-refractivity contribution is -0.385. The Kier molecular flexibility index (Phi) is 6.25. The zero-order valence-electron chi connectivity index (χ0n) is 16.1. The average molecular weight is 454 g/mol. The van der Waals surface area contributed by atoms with E-state index in [1.807, 2.05) is 26.0 Å². The molecule has 1 N–H and O–H groups in total. The van der Waals surface area contributed by atoms with Crippen LogP contribution in [0.4, 0.5) is 30.5 Å². The second-order valence-corrected chi connectivity index (χ2v) is 7.04. The summed E-state index contributed by atoms with van der Waals surface area (Å²) >= 11 is 5.86. The first-order valence-electron chi connectivity index (χ1n) is 8.83. The van der Waals surface area contributed by atoms with E-state index in [9.17, 15) is 23.3 Å². The number of hydrogen-bond donors (Lipinski definition) is 1. The maximum atomic E-state index is 12.8. The van der Waals surface area contributed by atoms with Crippen LogP contribution in [0.25, 0.3) is 0 Å². The maximum Gasteiger partial charge on any atom is 0.417 e. The van der Waals surface area contributed by atoms with Gasteiger partial charge in [0.15, 0.2) is 5.82 Å². The van der Waals surface area contributed by atoms with E-state index in [2.05, 4.69) is 20.3 Å². The molecule has 0 aliphatic rings. The van der Waals surface area contributed by atoms with Crippen molar-refractivity contribution in [3.63, 3.8) is 0 Å². The summed E-state index contributed by atoms with van der Waals surface area (Å²) in [6, 6.07) is 7.57. The summed E-state index contributed by atoms with van der Waals surface area (Å²) in [5, 5.41) is 13.7. The van der Waals surface area contributed by atoms with E-state index < -0.39 is 27.4 Å². The summed E-state index contributed by atoms with van der Waals surface area (Å²) in [6.07, 6.45) is -3.08. The van der Waals surface area contributed by atoms with Crippen molar-refractivity contribution >= 4 is 28.9 Å². The van der Waals surface area contributed by atoms with Crippen LogP contribution in [0.3, 0.4) is 0 Å². The standard InChI is InChI=1S/C19H15ClF3N5O3/c1-10(2)11-3-5-13(6-4-11)31-18-15(28(29)30)17(25-9-26-18)27-16-14(20)7-12(8-24-16)19(21,22)23/h3-10H,1-2H3,(H,24,25,26,27). The zero-order chi connectivity index (χ0) is 22.8. The number of nitrogens with one attached hydrogen (secondary N) is 1. The second-order valence-electron chi connectivity index (χ2n) is 6.64. The number of aromatic nitrogens is 3. The van der Waals surface area contributed by atoms with Gasteiger partial charge < -0.3 is 10.1 Å². The summed E-state index contributed by atoms with van der Waals surface area (Å²) < 4.78 is 43.9. The van der Waals surface area contributed by atoms with E-state index in [0.29, 0.717) is 23.9 Å². The predicted molar refractivity (Wildman–Crippen MR) is 107 cm³/mol. The van der Waals surface area contributed by atoms with Gasteiger partial charge in [-0.25, -0.2) is 9.97 Å². The normalized spacial score (nSPS) is 11.5. The van der Waals surface area contributed by atoms with Crippen molar-refractivity contribution in [3.8, 4) is 11.6 Å². The first-order chi connectivity index (χ1) is 14.6. The quantitative estimate of drug-likeness (QED) is 0.354. The first-order valence-corrected chi connectivity index (χ1v) is 9.21. The number of alkyl halides is 3. The molecule has 0 atom stereocenters. The number of nitro groups is 1. The number of anilines is 2. The molecule has 0 saturated carbocycles. The number of benzene rings is 1. The largest absolute Gasteiger partial charge is 0.434 e. The Morgan fingerprint density at radius 2 is 1.81 bits per heavy atom. The van der Waals surface area contributed by atoms with Gasteiger partial charge in [0.1, 0.15) is 12.1 Å². The fourth-order valence-electron chi connectivity index (χ4n) is 2.52. The fraction of sp³-hybridized carbons (Fsp3) is 0.211. The third-order valence-electron chi connectivity index (χ3n) is 4.14. The van der Waals surface area contributed by atoms with Gasteiger partial charge in [-0.2, -0.15) is 18.2 Å². The summed E-state index contributed by atoms with van der Waals surface area (Å²) in [5.41, 5.74) is -0.641. The van der Waals surface area contributed by atoms with E-state index in [0.717, 1.165) is 11.9 Å². The molecule has 3 rings (SSSR count). The van der Waals surface area contributed by atoms with Gasteiger partial charge in [-0.3, -0.25) is 10.1 Å². The van der Waals surface area contributed by atoms with Crippen molar-refractivity contribution in [1.29, 1.82) is 0 Å². The minimum atomic E-state index is -4.64. The lowest BCUT2D eigenvalue weighted by Crippen LogP contribution is -2.08. The van der Waals surface area contributed by atoms with Gasteiger partial charge in [-0.15, -0.1) is 0 Å². The van der Waals surface area contributed by atoms with E-state index in [1.54, 1.807) is 12.1 Å². The third-order valence-corrected chi connectivity index (χ3v) is 4.43. The highest BCUT2D eigenvalue weighted by molar-refractivity contribution is 6.33. The Labute approximate surface area is 179 Å². The Morgan fingerprint density at radius 1 is 1.13 bits per heavy atom. The number of pyridine rings is 1. The molecule has 0 bridgehead atoms. The molecule has 3 aromatic rings. The van der Waals surface area contributed by atoms with Crippen LogP contribution in [0.15, 0.2) is 42.9 Å². The van der Waals surface area contributed by atoms with Crippen molar-refractivity contribution in [1.82, 2.24) is 15.0 Å². The number of nitrogens with zero attached hydrogens (tertiary/aromatic N) is 4. The van der Waals surface area contributed by atoms with Crippen molar-refractivity contribution in [3.05, 3.63) is 69.1 Å². The van der Waals surface area contributed by atoms with Crippen LogP contribution < -0.4 is 10.1 Å². The van der Waals surface area contributed by atoms with Gasteiger partial charge in [-0.05, 0) is 29.7 Å². The van der Waals surface area contributed by atoms with Gasteiger partial charge in [0.05, 0.1) is 15.5 Å². The highest BCUT2D eigenvalue weighted by atomic mass is 35.5. The molecule has 0 amide bonds. The van der Waals surface area contributed by atoms with Gasteiger partial charge in [0, 0.05) is 6.20 Å². The van der Waals surface area contributed by atoms with E-state index in [1.165, 1.54) is 0 Å².